The van der Waals surface area contributed by atoms with E-state index in [9.17, 15) is 4.79 Å². The zero-order chi connectivity index (χ0) is 14.7. The van der Waals surface area contributed by atoms with Gasteiger partial charge in [0.05, 0.1) is 5.54 Å². The molecule has 0 radical (unpaired) electrons. The molecule has 0 unspecified atom stereocenters. The van der Waals surface area contributed by atoms with Gasteiger partial charge in [-0.25, -0.2) is 0 Å². The van der Waals surface area contributed by atoms with Gasteiger partial charge in [0.1, 0.15) is 0 Å². The van der Waals surface area contributed by atoms with Crippen molar-refractivity contribution in [3.8, 4) is 0 Å². The van der Waals surface area contributed by atoms with E-state index >= 15 is 0 Å². The minimum atomic E-state index is -0.555. The van der Waals surface area contributed by atoms with Gasteiger partial charge >= 0.3 is 0 Å². The molecule has 0 aromatic heterocycles. The molecule has 5 heteroatoms. The van der Waals surface area contributed by atoms with Gasteiger partial charge in [0.25, 0.3) is 0 Å². The molecule has 2 aromatic carbocycles. The standard InChI is InChI=1S/C17H20N2OS.ClH/c18-17(8-9-17)16(20)19-10-11-21-12-14-6-3-5-13-4-1-2-7-15(13)14;/h1-7H,8-12,18H2,(H,19,20);1H. The van der Waals surface area contributed by atoms with Gasteiger partial charge in [-0.05, 0) is 29.2 Å². The van der Waals surface area contributed by atoms with Crippen LogP contribution in [0.2, 0.25) is 0 Å². The van der Waals surface area contributed by atoms with Gasteiger partial charge in [-0.1, -0.05) is 42.5 Å². The molecular weight excluding hydrogens is 316 g/mol. The Labute approximate surface area is 141 Å². The number of hydrogen-bond acceptors (Lipinski definition) is 3. The van der Waals surface area contributed by atoms with Crippen molar-refractivity contribution in [3.05, 3.63) is 48.0 Å². The number of nitrogens with two attached hydrogens (primary N) is 1. The van der Waals surface area contributed by atoms with Gasteiger partial charge < -0.3 is 11.1 Å². The summed E-state index contributed by atoms with van der Waals surface area (Å²) in [6, 6.07) is 14.9. The molecular formula is C17H21ClN2OS. The van der Waals surface area contributed by atoms with Crippen LogP contribution in [0.3, 0.4) is 0 Å². The van der Waals surface area contributed by atoms with E-state index in [1.165, 1.54) is 16.3 Å². The molecule has 2 aromatic rings. The summed E-state index contributed by atoms with van der Waals surface area (Å²) < 4.78 is 0. The maximum Gasteiger partial charge on any atom is 0.240 e. The highest BCUT2D eigenvalue weighted by Gasteiger charge is 2.45. The fourth-order valence-electron chi connectivity index (χ4n) is 2.37. The monoisotopic (exact) mass is 336 g/mol. The number of amides is 1. The van der Waals surface area contributed by atoms with Crippen LogP contribution in [0.4, 0.5) is 0 Å². The van der Waals surface area contributed by atoms with Crippen LogP contribution in [0.1, 0.15) is 18.4 Å². The van der Waals surface area contributed by atoms with Crippen molar-refractivity contribution in [3.63, 3.8) is 0 Å². The molecule has 0 aliphatic heterocycles. The van der Waals surface area contributed by atoms with Gasteiger partial charge in [-0.15, -0.1) is 12.4 Å². The first-order chi connectivity index (χ1) is 10.2. The van der Waals surface area contributed by atoms with E-state index in [0.29, 0.717) is 6.54 Å². The summed E-state index contributed by atoms with van der Waals surface area (Å²) in [5.74, 6) is 1.88. The van der Waals surface area contributed by atoms with Crippen molar-refractivity contribution in [1.29, 1.82) is 0 Å². The summed E-state index contributed by atoms with van der Waals surface area (Å²) in [6.45, 7) is 0.688. The summed E-state index contributed by atoms with van der Waals surface area (Å²) in [7, 11) is 0. The third-order valence-corrected chi connectivity index (χ3v) is 4.92. The van der Waals surface area contributed by atoms with Crippen LogP contribution in [0, 0.1) is 0 Å². The van der Waals surface area contributed by atoms with Gasteiger partial charge in [0.2, 0.25) is 5.91 Å². The first kappa shape index (κ1) is 17.1. The second-order valence-electron chi connectivity index (χ2n) is 5.60. The third-order valence-electron chi connectivity index (χ3n) is 3.91. The summed E-state index contributed by atoms with van der Waals surface area (Å²) in [6.07, 6.45) is 1.64. The van der Waals surface area contributed by atoms with Crippen LogP contribution in [-0.4, -0.2) is 23.7 Å². The van der Waals surface area contributed by atoms with E-state index in [2.05, 4.69) is 47.8 Å². The number of nitrogens with one attached hydrogen (secondary N) is 1. The van der Waals surface area contributed by atoms with Crippen LogP contribution >= 0.6 is 24.2 Å². The molecule has 0 saturated heterocycles. The van der Waals surface area contributed by atoms with E-state index in [0.717, 1.165) is 24.3 Å². The first-order valence-electron chi connectivity index (χ1n) is 7.31. The maximum atomic E-state index is 11.7. The van der Waals surface area contributed by atoms with Crippen molar-refractivity contribution in [1.82, 2.24) is 5.32 Å². The zero-order valence-corrected chi connectivity index (χ0v) is 14.0. The third kappa shape index (κ3) is 3.94. The number of benzene rings is 2. The zero-order valence-electron chi connectivity index (χ0n) is 12.4. The molecule has 3 N–H and O–H groups in total. The quantitative estimate of drug-likeness (QED) is 0.797. The average Bonchev–Trinajstić information content (AvgIpc) is 3.26. The van der Waals surface area contributed by atoms with E-state index in [1.54, 1.807) is 0 Å². The van der Waals surface area contributed by atoms with Gasteiger partial charge in [0, 0.05) is 18.1 Å². The predicted octanol–water partition coefficient (Wildman–Crippen LogP) is 3.10. The first-order valence-corrected chi connectivity index (χ1v) is 8.46. The van der Waals surface area contributed by atoms with Crippen molar-refractivity contribution >= 4 is 40.8 Å². The largest absolute Gasteiger partial charge is 0.354 e. The molecule has 22 heavy (non-hydrogen) atoms. The summed E-state index contributed by atoms with van der Waals surface area (Å²) in [5.41, 5.74) is 6.63. The minimum Gasteiger partial charge on any atom is -0.354 e. The number of halogens is 1. The molecule has 3 rings (SSSR count). The fraction of sp³-hybridized carbons (Fsp3) is 0.353. The van der Waals surface area contributed by atoms with E-state index in [4.69, 9.17) is 5.73 Å². The lowest BCUT2D eigenvalue weighted by atomic mass is 10.1. The molecule has 1 aliphatic rings. The Bertz CT molecular complexity index is 653. The Morgan fingerprint density at radius 2 is 1.91 bits per heavy atom. The topological polar surface area (TPSA) is 55.1 Å². The van der Waals surface area contributed by atoms with E-state index in [-0.39, 0.29) is 18.3 Å². The van der Waals surface area contributed by atoms with Crippen LogP contribution in [-0.2, 0) is 10.5 Å². The van der Waals surface area contributed by atoms with Crippen LogP contribution in [0.15, 0.2) is 42.5 Å². The lowest BCUT2D eigenvalue weighted by Gasteiger charge is -2.10. The highest BCUT2D eigenvalue weighted by atomic mass is 35.5. The number of thioether (sulfide) groups is 1. The van der Waals surface area contributed by atoms with Gasteiger partial charge in [-0.3, -0.25) is 4.79 Å². The normalized spacial score (nSPS) is 15.1. The lowest BCUT2D eigenvalue weighted by Crippen LogP contribution is -2.43. The van der Waals surface area contributed by atoms with Crippen LogP contribution in [0.5, 0.6) is 0 Å². The Balaban J connectivity index is 0.00000176. The van der Waals surface area contributed by atoms with E-state index in [1.807, 2.05) is 11.8 Å². The molecule has 0 bridgehead atoms. The predicted molar refractivity (Wildman–Crippen MR) is 96.5 cm³/mol. The number of hydrogen-bond donors (Lipinski definition) is 2. The molecule has 1 fully saturated rings. The Morgan fingerprint density at radius 3 is 2.68 bits per heavy atom. The molecule has 0 atom stereocenters. The summed E-state index contributed by atoms with van der Waals surface area (Å²) in [4.78, 5) is 11.7. The van der Waals surface area contributed by atoms with Crippen molar-refractivity contribution in [2.75, 3.05) is 12.3 Å². The number of carbonyl (C=O) groups is 1. The number of fused-ring (bicyclic) bond motifs is 1. The van der Waals surface area contributed by atoms with E-state index < -0.39 is 5.54 Å². The van der Waals surface area contributed by atoms with Crippen molar-refractivity contribution < 1.29 is 4.79 Å². The SMILES string of the molecule is Cl.NC1(C(=O)NCCSCc2cccc3ccccc23)CC1. The van der Waals surface area contributed by atoms with Crippen LogP contribution < -0.4 is 11.1 Å². The fourth-order valence-corrected chi connectivity index (χ4v) is 3.24. The lowest BCUT2D eigenvalue weighted by molar-refractivity contribution is -0.123. The van der Waals surface area contributed by atoms with Gasteiger partial charge in [-0.2, -0.15) is 11.8 Å². The van der Waals surface area contributed by atoms with Crippen molar-refractivity contribution in [2.45, 2.75) is 24.1 Å². The average molecular weight is 337 g/mol. The smallest absolute Gasteiger partial charge is 0.240 e. The number of rotatable bonds is 6. The Hall–Kier alpha value is -1.23. The van der Waals surface area contributed by atoms with Crippen molar-refractivity contribution in [2.24, 2.45) is 5.73 Å². The number of carbonyl (C=O) groups excluding carboxylic acids is 1. The van der Waals surface area contributed by atoms with Gasteiger partial charge in [0.15, 0.2) is 0 Å². The molecule has 118 valence electrons. The maximum absolute atomic E-state index is 11.7. The second kappa shape index (κ2) is 7.36. The molecule has 0 spiro atoms. The second-order valence-corrected chi connectivity index (χ2v) is 6.71. The summed E-state index contributed by atoms with van der Waals surface area (Å²) >= 11 is 1.84. The molecule has 1 aliphatic carbocycles. The highest BCUT2D eigenvalue weighted by molar-refractivity contribution is 7.98. The Morgan fingerprint density at radius 1 is 1.18 bits per heavy atom. The van der Waals surface area contributed by atoms with Crippen LogP contribution in [0.25, 0.3) is 10.8 Å². The highest BCUT2D eigenvalue weighted by Crippen LogP contribution is 2.32. The Kier molecular flexibility index (Phi) is 5.73. The molecule has 1 amide bonds. The molecule has 0 heterocycles. The summed E-state index contributed by atoms with van der Waals surface area (Å²) in [5, 5.41) is 5.52. The molecule has 1 saturated carbocycles. The molecule has 3 nitrogen and oxygen atoms in total. The minimum absolute atomic E-state index is 0.